The molecule has 1 heterocycles. The van der Waals surface area contributed by atoms with E-state index in [0.29, 0.717) is 0 Å². The molecule has 1 rings (SSSR count). The lowest BCUT2D eigenvalue weighted by atomic mass is 10.7. The van der Waals surface area contributed by atoms with Crippen LogP contribution >= 0.6 is 0 Å². The number of hydrogen-bond acceptors (Lipinski definition) is 10. The topological polar surface area (TPSA) is 146 Å². The Kier molecular flexibility index (Phi) is 4.59. The zero-order valence-electron chi connectivity index (χ0n) is 6.16. The van der Waals surface area contributed by atoms with Crippen molar-refractivity contribution in [1.29, 1.82) is 0 Å². The van der Waals surface area contributed by atoms with Crippen LogP contribution in [0.3, 0.4) is 0 Å². The molecule has 10 nitrogen and oxygen atoms in total. The molecule has 1 fully saturated rings. The van der Waals surface area contributed by atoms with Gasteiger partial charge >= 0.3 is 23.9 Å². The van der Waals surface area contributed by atoms with Gasteiger partial charge in [0.2, 0.25) is 0 Å². The number of rotatable bonds is 0. The molecule has 1 aliphatic heterocycles. The lowest BCUT2D eigenvalue weighted by molar-refractivity contribution is -0.296. The Morgan fingerprint density at radius 1 is 0.929 bits per heavy atom. The number of hydrogen-bond donors (Lipinski definition) is 2. The third-order valence-corrected chi connectivity index (χ3v) is 0.692. The van der Waals surface area contributed by atoms with Gasteiger partial charge in [0.25, 0.3) is 0 Å². The summed E-state index contributed by atoms with van der Waals surface area (Å²) in [5.74, 6) is -5.19. The van der Waals surface area contributed by atoms with Crippen LogP contribution in [0.4, 0.5) is 0 Å². The van der Waals surface area contributed by atoms with E-state index in [0.717, 1.165) is 0 Å². The van der Waals surface area contributed by atoms with Crippen molar-refractivity contribution in [2.24, 2.45) is 0 Å². The number of carbonyl (C=O) groups excluding carboxylic acids is 4. The Morgan fingerprint density at radius 3 is 1.29 bits per heavy atom. The summed E-state index contributed by atoms with van der Waals surface area (Å²) in [4.78, 5) is 51.1. The Hall–Kier alpha value is -2.20. The molecule has 0 saturated carbocycles. The van der Waals surface area contributed by atoms with Crippen molar-refractivity contribution < 1.29 is 49.2 Å². The SMILES string of the molecule is O=C(OO)C(=O)OO.O=C1OOC1=O. The predicted molar refractivity (Wildman–Crippen MR) is 29.6 cm³/mol. The molecular weight excluding hydrogens is 208 g/mol. The minimum atomic E-state index is -1.67. The molecule has 0 atom stereocenters. The monoisotopic (exact) mass is 210 g/mol. The van der Waals surface area contributed by atoms with E-state index in [2.05, 4.69) is 19.6 Å². The Balaban J connectivity index is 0.000000249. The molecule has 0 amide bonds. The van der Waals surface area contributed by atoms with E-state index in [1.165, 1.54) is 0 Å². The second-order valence-electron chi connectivity index (χ2n) is 1.50. The molecule has 0 bridgehead atoms. The van der Waals surface area contributed by atoms with E-state index in [-0.39, 0.29) is 0 Å². The normalized spacial score (nSPS) is 12.1. The van der Waals surface area contributed by atoms with Crippen LogP contribution in [0.2, 0.25) is 0 Å². The average molecular weight is 210 g/mol. The summed E-state index contributed by atoms with van der Waals surface area (Å²) in [6.45, 7) is 0. The second-order valence-corrected chi connectivity index (χ2v) is 1.50. The highest BCUT2D eigenvalue weighted by molar-refractivity contribution is 6.32. The smallest absolute Gasteiger partial charge is 0.288 e. The third kappa shape index (κ3) is 3.46. The van der Waals surface area contributed by atoms with Gasteiger partial charge in [-0.3, -0.25) is 9.78 Å². The first-order chi connectivity index (χ1) is 6.52. The first kappa shape index (κ1) is 11.8. The maximum Gasteiger partial charge on any atom is 0.467 e. The van der Waals surface area contributed by atoms with Gasteiger partial charge in [-0.05, 0) is 0 Å². The molecule has 1 aliphatic rings. The van der Waals surface area contributed by atoms with E-state index in [1.807, 2.05) is 0 Å². The quantitative estimate of drug-likeness (QED) is 0.262. The van der Waals surface area contributed by atoms with Crippen molar-refractivity contribution in [2.45, 2.75) is 0 Å². The van der Waals surface area contributed by atoms with Crippen LogP contribution < -0.4 is 0 Å². The van der Waals surface area contributed by atoms with Crippen LogP contribution in [0, 0.1) is 0 Å². The second kappa shape index (κ2) is 5.45. The molecule has 10 heteroatoms. The fourth-order valence-corrected chi connectivity index (χ4v) is 0.184. The van der Waals surface area contributed by atoms with Gasteiger partial charge in [-0.15, -0.1) is 0 Å². The minimum absolute atomic E-state index is 0.921. The summed E-state index contributed by atoms with van der Waals surface area (Å²) in [6.07, 6.45) is 0. The van der Waals surface area contributed by atoms with Crippen molar-refractivity contribution in [3.8, 4) is 0 Å². The molecule has 1 saturated heterocycles. The predicted octanol–water partition coefficient (Wildman–Crippen LogP) is -1.98. The summed E-state index contributed by atoms with van der Waals surface area (Å²) in [7, 11) is 0. The van der Waals surface area contributed by atoms with E-state index in [9.17, 15) is 19.2 Å². The summed E-state index contributed by atoms with van der Waals surface area (Å²) in [5.41, 5.74) is 0. The summed E-state index contributed by atoms with van der Waals surface area (Å²) in [6, 6.07) is 0. The van der Waals surface area contributed by atoms with E-state index >= 15 is 0 Å². The van der Waals surface area contributed by atoms with Crippen LogP contribution in [0.15, 0.2) is 0 Å². The molecule has 0 aliphatic carbocycles. The molecule has 0 aromatic carbocycles. The van der Waals surface area contributed by atoms with Crippen molar-refractivity contribution >= 4 is 23.9 Å². The van der Waals surface area contributed by atoms with Crippen LogP contribution in [-0.4, -0.2) is 34.4 Å². The van der Waals surface area contributed by atoms with Gasteiger partial charge in [0.15, 0.2) is 0 Å². The maximum absolute atomic E-state index is 9.64. The maximum atomic E-state index is 9.64. The standard InChI is InChI=1S/C2H2O6.C2O4/c3-1(7-5)2(4)8-6;3-1-2(4)6-5-1/h5-6H;. The van der Waals surface area contributed by atoms with Crippen LogP contribution in [0.5, 0.6) is 0 Å². The molecule has 0 aromatic heterocycles. The Labute approximate surface area is 74.3 Å². The lowest BCUT2D eigenvalue weighted by Gasteiger charge is -2.04. The van der Waals surface area contributed by atoms with E-state index in [1.54, 1.807) is 0 Å². The minimum Gasteiger partial charge on any atom is -0.288 e. The molecule has 2 N–H and O–H groups in total. The molecular formula is C4H2O10. The number of carbonyl (C=O) groups is 4. The lowest BCUT2D eigenvalue weighted by Crippen LogP contribution is -2.31. The third-order valence-electron chi connectivity index (χ3n) is 0.692. The first-order valence-electron chi connectivity index (χ1n) is 2.66. The summed E-state index contributed by atoms with van der Waals surface area (Å²) < 4.78 is 0. The first-order valence-corrected chi connectivity index (χ1v) is 2.66. The Morgan fingerprint density at radius 2 is 1.21 bits per heavy atom. The fraction of sp³-hybridized carbons (Fsp3) is 0. The average Bonchev–Trinajstić information content (AvgIpc) is 2.24. The van der Waals surface area contributed by atoms with Gasteiger partial charge < -0.3 is 0 Å². The van der Waals surface area contributed by atoms with Gasteiger partial charge in [0.1, 0.15) is 0 Å². The Bertz CT molecular complexity index is 237. The van der Waals surface area contributed by atoms with E-state index < -0.39 is 23.9 Å². The van der Waals surface area contributed by atoms with Gasteiger partial charge in [0.05, 0.1) is 0 Å². The van der Waals surface area contributed by atoms with Crippen molar-refractivity contribution in [3.05, 3.63) is 0 Å². The highest BCUT2D eigenvalue weighted by Crippen LogP contribution is 1.95. The van der Waals surface area contributed by atoms with Crippen LogP contribution in [0.1, 0.15) is 0 Å². The van der Waals surface area contributed by atoms with Gasteiger partial charge in [-0.25, -0.2) is 29.0 Å². The largest absolute Gasteiger partial charge is 0.467 e. The molecule has 0 spiro atoms. The van der Waals surface area contributed by atoms with Crippen LogP contribution in [0.25, 0.3) is 0 Å². The summed E-state index contributed by atoms with van der Waals surface area (Å²) in [5, 5.41) is 14.7. The molecule has 78 valence electrons. The zero-order valence-corrected chi connectivity index (χ0v) is 6.16. The highest BCUT2D eigenvalue weighted by Gasteiger charge is 2.31. The highest BCUT2D eigenvalue weighted by atomic mass is 17.3. The van der Waals surface area contributed by atoms with Crippen LogP contribution in [-0.2, 0) is 38.7 Å². The molecule has 0 radical (unpaired) electrons. The molecule has 0 unspecified atom stereocenters. The molecule has 0 aromatic rings. The molecule has 14 heavy (non-hydrogen) atoms. The van der Waals surface area contributed by atoms with Crippen molar-refractivity contribution in [1.82, 2.24) is 0 Å². The van der Waals surface area contributed by atoms with Gasteiger partial charge in [0, 0.05) is 0 Å². The van der Waals surface area contributed by atoms with E-state index in [4.69, 9.17) is 10.5 Å². The zero-order chi connectivity index (χ0) is 11.1. The van der Waals surface area contributed by atoms with Crippen molar-refractivity contribution in [2.75, 3.05) is 0 Å². The van der Waals surface area contributed by atoms with Gasteiger partial charge in [-0.1, -0.05) is 0 Å². The van der Waals surface area contributed by atoms with Crippen molar-refractivity contribution in [3.63, 3.8) is 0 Å². The van der Waals surface area contributed by atoms with Gasteiger partial charge in [-0.2, -0.15) is 10.5 Å². The summed E-state index contributed by atoms with van der Waals surface area (Å²) >= 11 is 0. The fourth-order valence-electron chi connectivity index (χ4n) is 0.184.